The quantitative estimate of drug-likeness (QED) is 0.229. The van der Waals surface area contributed by atoms with Gasteiger partial charge in [-0.15, -0.1) is 0 Å². The lowest BCUT2D eigenvalue weighted by Crippen LogP contribution is -2.32. The van der Waals surface area contributed by atoms with Crippen molar-refractivity contribution in [1.82, 2.24) is 9.06 Å². The van der Waals surface area contributed by atoms with Crippen molar-refractivity contribution in [2.24, 2.45) is 5.73 Å². The fraction of sp³-hybridized carbons (Fsp3) is 0.800. The predicted molar refractivity (Wildman–Crippen MR) is 50.0 cm³/mol. The third-order valence-electron chi connectivity index (χ3n) is 1.20. The average molecular weight is 273 g/mol. The van der Waals surface area contributed by atoms with Crippen molar-refractivity contribution in [2.45, 2.75) is 18.9 Å². The van der Waals surface area contributed by atoms with E-state index < -0.39 is 12.0 Å². The van der Waals surface area contributed by atoms with Gasteiger partial charge in [0, 0.05) is 29.4 Å². The zero-order valence-electron chi connectivity index (χ0n) is 6.01. The van der Waals surface area contributed by atoms with Gasteiger partial charge in [0.2, 0.25) is 0 Å². The maximum Gasteiger partial charge on any atom is 0.320 e. The molecule has 66 valence electrons. The van der Waals surface area contributed by atoms with Gasteiger partial charge in [0.25, 0.3) is 0 Å². The zero-order valence-corrected chi connectivity index (χ0v) is 8.17. The second-order valence-corrected chi connectivity index (χ2v) is 2.65. The van der Waals surface area contributed by atoms with Crippen molar-refractivity contribution in [3.63, 3.8) is 0 Å². The number of rotatable bonds is 6. The molecule has 0 spiro atoms. The predicted octanol–water partition coefficient (Wildman–Crippen LogP) is -0.377. The Kier molecular flexibility index (Phi) is 6.82. The van der Waals surface area contributed by atoms with E-state index in [2.05, 4.69) is 9.06 Å². The van der Waals surface area contributed by atoms with Gasteiger partial charge in [-0.3, -0.25) is 4.79 Å². The Morgan fingerprint density at radius 1 is 1.73 bits per heavy atom. The second kappa shape index (κ2) is 6.77. The van der Waals surface area contributed by atoms with Gasteiger partial charge in [-0.2, -0.15) is 3.64 Å². The van der Waals surface area contributed by atoms with E-state index in [1.165, 1.54) is 0 Å². The molecule has 5 N–H and O–H groups in total. The summed E-state index contributed by atoms with van der Waals surface area (Å²) >= 11 is 1.95. The summed E-state index contributed by atoms with van der Waals surface area (Å²) in [5.41, 5.74) is 8.08. The minimum Gasteiger partial charge on any atom is -0.480 e. The number of carboxylic acids is 1. The Bertz CT molecular complexity index is 122. The molecule has 0 rings (SSSR count). The summed E-state index contributed by atoms with van der Waals surface area (Å²) in [6, 6.07) is -0.731. The minimum absolute atomic E-state index is 0.501. The van der Waals surface area contributed by atoms with Gasteiger partial charge in [0.15, 0.2) is 0 Å². The van der Waals surface area contributed by atoms with Gasteiger partial charge >= 0.3 is 5.97 Å². The molecule has 0 saturated carbocycles. The fourth-order valence-corrected chi connectivity index (χ4v) is 0.851. The van der Waals surface area contributed by atoms with Gasteiger partial charge in [-0.1, -0.05) is 0 Å². The first-order valence-electron chi connectivity index (χ1n) is 3.25. The monoisotopic (exact) mass is 273 g/mol. The van der Waals surface area contributed by atoms with Crippen molar-refractivity contribution in [3.8, 4) is 0 Å². The fourth-order valence-electron chi connectivity index (χ4n) is 0.581. The van der Waals surface area contributed by atoms with Gasteiger partial charge < -0.3 is 10.8 Å². The summed E-state index contributed by atoms with van der Waals surface area (Å²) in [5.74, 6) is -0.938. The van der Waals surface area contributed by atoms with Gasteiger partial charge in [0.1, 0.15) is 6.04 Å². The topological polar surface area (TPSA) is 87.4 Å². The highest BCUT2D eigenvalue weighted by Gasteiger charge is 2.09. The number of hydrogen-bond acceptors (Lipinski definition) is 4. The molecule has 1 atom stereocenters. The average Bonchev–Trinajstić information content (AvgIpc) is 1.97. The van der Waals surface area contributed by atoms with Crippen LogP contribution in [0.1, 0.15) is 12.8 Å². The summed E-state index contributed by atoms with van der Waals surface area (Å²) in [4.78, 5) is 10.2. The van der Waals surface area contributed by atoms with Crippen LogP contribution in [-0.4, -0.2) is 23.7 Å². The van der Waals surface area contributed by atoms with Crippen LogP contribution < -0.4 is 14.8 Å². The molecule has 0 bridgehead atoms. The van der Waals surface area contributed by atoms with Gasteiger partial charge in [-0.25, -0.2) is 5.43 Å². The van der Waals surface area contributed by atoms with Gasteiger partial charge in [-0.05, 0) is 12.8 Å². The van der Waals surface area contributed by atoms with E-state index in [1.54, 1.807) is 0 Å². The highest BCUT2D eigenvalue weighted by atomic mass is 127. The lowest BCUT2D eigenvalue weighted by molar-refractivity contribution is -0.138. The first-order chi connectivity index (χ1) is 5.18. The first-order valence-corrected chi connectivity index (χ1v) is 4.33. The standard InChI is InChI=1S/C5H12IN3O2/c6-9-8-3-1-2-4(7)5(10)11/h4,8-9H,1-3,7H2,(H,10,11)/t4-/m0/s1. The summed E-state index contributed by atoms with van der Waals surface area (Å²) in [6.45, 7) is 0.726. The Morgan fingerprint density at radius 2 is 2.36 bits per heavy atom. The SMILES string of the molecule is N[C@@H](CCCNNI)C(=O)O. The molecule has 0 amide bonds. The number of nitrogens with two attached hydrogens (primary N) is 1. The lowest BCUT2D eigenvalue weighted by atomic mass is 10.2. The molecule has 0 aliphatic heterocycles. The van der Waals surface area contributed by atoms with E-state index in [1.807, 2.05) is 22.9 Å². The third-order valence-corrected chi connectivity index (χ3v) is 1.58. The molecule has 0 heterocycles. The number of carboxylic acid groups (broad SMARTS) is 1. The van der Waals surface area contributed by atoms with Crippen molar-refractivity contribution in [1.29, 1.82) is 0 Å². The number of halogens is 1. The van der Waals surface area contributed by atoms with Crippen LogP contribution in [0.25, 0.3) is 0 Å². The molecule has 6 heteroatoms. The van der Waals surface area contributed by atoms with Crippen LogP contribution in [0.5, 0.6) is 0 Å². The highest BCUT2D eigenvalue weighted by molar-refractivity contribution is 14.1. The molecule has 0 aromatic heterocycles. The number of aliphatic carboxylic acids is 1. The van der Waals surface area contributed by atoms with Crippen LogP contribution in [0.3, 0.4) is 0 Å². The lowest BCUT2D eigenvalue weighted by Gasteiger charge is -2.05. The minimum atomic E-state index is -0.938. The summed E-state index contributed by atoms with van der Waals surface area (Å²) in [7, 11) is 0. The number of hydrazine groups is 1. The van der Waals surface area contributed by atoms with Crippen molar-refractivity contribution in [2.75, 3.05) is 6.54 Å². The van der Waals surface area contributed by atoms with E-state index in [0.29, 0.717) is 6.42 Å². The molecular formula is C5H12IN3O2. The van der Waals surface area contributed by atoms with Crippen molar-refractivity contribution >= 4 is 28.8 Å². The van der Waals surface area contributed by atoms with E-state index >= 15 is 0 Å². The Labute approximate surface area is 79.2 Å². The number of hydrogen-bond donors (Lipinski definition) is 4. The second-order valence-electron chi connectivity index (χ2n) is 2.11. The highest BCUT2D eigenvalue weighted by Crippen LogP contribution is 1.92. The van der Waals surface area contributed by atoms with Crippen molar-refractivity contribution in [3.05, 3.63) is 0 Å². The molecule has 0 fully saturated rings. The van der Waals surface area contributed by atoms with E-state index in [9.17, 15) is 4.79 Å². The molecular weight excluding hydrogens is 261 g/mol. The normalized spacial score (nSPS) is 12.9. The summed E-state index contributed by atoms with van der Waals surface area (Å²) < 4.78 is 2.70. The van der Waals surface area contributed by atoms with Crippen LogP contribution >= 0.6 is 22.9 Å². The molecule has 0 aromatic rings. The Hall–Kier alpha value is 0.0800. The van der Waals surface area contributed by atoms with E-state index in [-0.39, 0.29) is 0 Å². The van der Waals surface area contributed by atoms with Gasteiger partial charge in [0.05, 0.1) is 0 Å². The van der Waals surface area contributed by atoms with Crippen LogP contribution in [0.15, 0.2) is 0 Å². The maximum atomic E-state index is 10.2. The molecule has 11 heavy (non-hydrogen) atoms. The molecule has 0 unspecified atom stereocenters. The van der Waals surface area contributed by atoms with E-state index in [4.69, 9.17) is 10.8 Å². The molecule has 0 aliphatic rings. The number of nitrogens with one attached hydrogen (secondary N) is 2. The van der Waals surface area contributed by atoms with Crippen LogP contribution in [0, 0.1) is 0 Å². The molecule has 0 aromatic carbocycles. The largest absolute Gasteiger partial charge is 0.480 e. The van der Waals surface area contributed by atoms with E-state index in [0.717, 1.165) is 13.0 Å². The Morgan fingerprint density at radius 3 is 2.82 bits per heavy atom. The van der Waals surface area contributed by atoms with Crippen LogP contribution in [0.4, 0.5) is 0 Å². The van der Waals surface area contributed by atoms with Crippen molar-refractivity contribution < 1.29 is 9.90 Å². The number of carbonyl (C=O) groups is 1. The molecule has 0 saturated heterocycles. The van der Waals surface area contributed by atoms with Crippen LogP contribution in [-0.2, 0) is 4.79 Å². The molecule has 5 nitrogen and oxygen atoms in total. The third kappa shape index (κ3) is 6.48. The maximum absolute atomic E-state index is 10.2. The Balaban J connectivity index is 3.17. The van der Waals surface area contributed by atoms with Crippen LogP contribution in [0.2, 0.25) is 0 Å². The first kappa shape index (κ1) is 11.1. The summed E-state index contributed by atoms with van der Waals surface area (Å²) in [6.07, 6.45) is 1.25. The summed E-state index contributed by atoms with van der Waals surface area (Å²) in [5, 5.41) is 8.38. The zero-order chi connectivity index (χ0) is 8.69. The smallest absolute Gasteiger partial charge is 0.320 e. The molecule has 0 aliphatic carbocycles. The molecule has 0 radical (unpaired) electrons.